The van der Waals surface area contributed by atoms with Crippen molar-refractivity contribution in [3.63, 3.8) is 0 Å². The fourth-order valence-corrected chi connectivity index (χ4v) is 13.2. The summed E-state index contributed by atoms with van der Waals surface area (Å²) in [7, 11) is 0. The van der Waals surface area contributed by atoms with Gasteiger partial charge in [0.05, 0.1) is 29.1 Å². The fourth-order valence-electron chi connectivity index (χ4n) is 11.7. The number of nitrogens with one attached hydrogen (secondary N) is 4. The van der Waals surface area contributed by atoms with E-state index in [-0.39, 0.29) is 28.6 Å². The Morgan fingerprint density at radius 2 is 1.96 bits per heavy atom. The molecule has 1 aromatic heterocycles. The molecular weight excluding hydrogens is 687 g/mol. The van der Waals surface area contributed by atoms with Crippen molar-refractivity contribution in [2.45, 2.75) is 137 Å². The van der Waals surface area contributed by atoms with Crippen LogP contribution in [-0.4, -0.2) is 57.8 Å². The first-order valence-electron chi connectivity index (χ1n) is 20.9. The van der Waals surface area contributed by atoms with Crippen LogP contribution in [0.2, 0.25) is 0 Å². The Balaban J connectivity index is 0.718. The summed E-state index contributed by atoms with van der Waals surface area (Å²) in [4.78, 5) is 16.9. The first-order chi connectivity index (χ1) is 26.2. The molecule has 7 nitrogen and oxygen atoms in total. The van der Waals surface area contributed by atoms with Crippen LogP contribution < -0.4 is 21.3 Å². The van der Waals surface area contributed by atoms with Crippen molar-refractivity contribution in [3.05, 3.63) is 102 Å². The van der Waals surface area contributed by atoms with E-state index in [1.807, 2.05) is 24.2 Å². The van der Waals surface area contributed by atoms with Crippen molar-refractivity contribution in [1.29, 1.82) is 0 Å². The number of carbonyl (C=O) groups excluding carboxylic acids is 1. The van der Waals surface area contributed by atoms with E-state index in [9.17, 15) is 4.79 Å². The summed E-state index contributed by atoms with van der Waals surface area (Å²) in [6.45, 7) is 11.8. The van der Waals surface area contributed by atoms with E-state index < -0.39 is 0 Å². The van der Waals surface area contributed by atoms with Gasteiger partial charge in [0.1, 0.15) is 0 Å². The molecule has 3 saturated heterocycles. The number of rotatable bonds is 14. The van der Waals surface area contributed by atoms with E-state index >= 15 is 0 Å². The zero-order chi connectivity index (χ0) is 36.9. The summed E-state index contributed by atoms with van der Waals surface area (Å²) in [5, 5.41) is 17.0. The molecule has 7 aliphatic rings. The Hall–Kier alpha value is -3.49. The van der Waals surface area contributed by atoms with Gasteiger partial charge in [-0.15, -0.1) is 0 Å². The highest BCUT2D eigenvalue weighted by atomic mass is 32.2. The summed E-state index contributed by atoms with van der Waals surface area (Å²) in [5.74, 6) is 3.35. The van der Waals surface area contributed by atoms with Gasteiger partial charge in [-0.05, 0) is 116 Å². The number of aromatic nitrogens is 1. The lowest BCUT2D eigenvalue weighted by Gasteiger charge is -2.54. The van der Waals surface area contributed by atoms with Crippen LogP contribution in [0, 0.1) is 11.3 Å². The van der Waals surface area contributed by atoms with E-state index in [1.54, 1.807) is 0 Å². The zero-order valence-corrected chi connectivity index (χ0v) is 33.0. The molecule has 1 saturated carbocycles. The second kappa shape index (κ2) is 14.5. The topological polar surface area (TPSA) is 87.3 Å². The maximum absolute atomic E-state index is 12.4. The molecule has 4 fully saturated rings. The van der Waals surface area contributed by atoms with Crippen LogP contribution in [0.3, 0.4) is 0 Å². The number of ether oxygens (including phenoxy) is 1. The predicted octanol–water partition coefficient (Wildman–Crippen LogP) is 8.48. The van der Waals surface area contributed by atoms with Gasteiger partial charge in [0.2, 0.25) is 5.91 Å². The van der Waals surface area contributed by atoms with Gasteiger partial charge in [0, 0.05) is 59.9 Å². The number of pyridine rings is 1. The normalized spacial score (nSPS) is 35.6. The number of allylic oxidation sites excluding steroid dienone is 2. The maximum Gasteiger partial charge on any atom is 0.219 e. The van der Waals surface area contributed by atoms with Gasteiger partial charge >= 0.3 is 0 Å². The predicted molar refractivity (Wildman–Crippen MR) is 221 cm³/mol. The van der Waals surface area contributed by atoms with Crippen molar-refractivity contribution >= 4 is 28.4 Å². The summed E-state index contributed by atoms with van der Waals surface area (Å²) in [5.41, 5.74) is 5.16. The van der Waals surface area contributed by atoms with E-state index in [4.69, 9.17) is 4.74 Å². The number of nitrogens with zero attached hydrogens (tertiary/aromatic N) is 1. The minimum atomic E-state index is -0.216. The van der Waals surface area contributed by atoms with Gasteiger partial charge in [0.25, 0.3) is 0 Å². The summed E-state index contributed by atoms with van der Waals surface area (Å²) in [6, 6.07) is 10.4. The van der Waals surface area contributed by atoms with E-state index in [1.165, 1.54) is 40.3 Å². The lowest BCUT2D eigenvalue weighted by atomic mass is 9.58. The van der Waals surface area contributed by atoms with Gasteiger partial charge in [0.15, 0.2) is 0 Å². The molecule has 8 heteroatoms. The van der Waals surface area contributed by atoms with Crippen LogP contribution in [0.4, 0.5) is 0 Å². The fraction of sp³-hybridized carbons (Fsp3) is 0.565. The lowest BCUT2D eigenvalue weighted by molar-refractivity contribution is -0.129. The number of fused-ring (bicyclic) bond motifs is 3. The minimum absolute atomic E-state index is 0.175. The molecule has 9 atom stereocenters. The summed E-state index contributed by atoms with van der Waals surface area (Å²) in [6.07, 6.45) is 28.3. The third-order valence-corrected chi connectivity index (χ3v) is 15.9. The van der Waals surface area contributed by atoms with Crippen LogP contribution in [-0.2, 0) is 9.53 Å². The van der Waals surface area contributed by atoms with Gasteiger partial charge in [-0.2, -0.15) is 11.8 Å². The van der Waals surface area contributed by atoms with Gasteiger partial charge in [-0.3, -0.25) is 9.78 Å². The van der Waals surface area contributed by atoms with E-state index in [0.717, 1.165) is 94.4 Å². The van der Waals surface area contributed by atoms with Gasteiger partial charge in [-0.25, -0.2) is 0 Å². The number of benzene rings is 1. The number of hydrogen-bond donors (Lipinski definition) is 4. The molecule has 4 aliphatic heterocycles. The van der Waals surface area contributed by atoms with Crippen LogP contribution in [0.5, 0.6) is 0 Å². The molecule has 1 aromatic carbocycles. The van der Waals surface area contributed by atoms with Crippen LogP contribution in [0.25, 0.3) is 10.8 Å². The Morgan fingerprint density at radius 1 is 1.06 bits per heavy atom. The average molecular weight is 746 g/mol. The maximum atomic E-state index is 12.4. The molecule has 0 unspecified atom stereocenters. The molecule has 4 N–H and O–H groups in total. The highest BCUT2D eigenvalue weighted by Gasteiger charge is 2.66. The second-order valence-electron chi connectivity index (χ2n) is 17.7. The monoisotopic (exact) mass is 745 g/mol. The largest absolute Gasteiger partial charge is 0.382 e. The lowest BCUT2D eigenvalue weighted by Crippen LogP contribution is -2.54. The number of thioether (sulfide) groups is 1. The number of amides is 1. The molecule has 2 spiro atoms. The Morgan fingerprint density at radius 3 is 2.89 bits per heavy atom. The minimum Gasteiger partial charge on any atom is -0.382 e. The Kier molecular flexibility index (Phi) is 9.74. The van der Waals surface area contributed by atoms with Crippen LogP contribution in [0.15, 0.2) is 96.8 Å². The standard InChI is InChI=1S/C46H59N5O2S/c1-30(9-5-4-8-23-48-42(52)11-7-6-10-40-43-39(29-54-40)50-31(2)51-43)49-37-15-14-35-26-36-18-20-44(3)38(33-13-12-32-19-24-47-28-34(32)25-33)16-17-41(44)46(36)22-21-45(35,27-37)53-46/h12-15,18-19,24-26,28,37-41,43,49-51H,1-2,4-11,16-17,20-23,27,29H2,3H3,(H,48,52)/t37-,38-,39+,40+,41-,43+,44-,45-,46-/m1/s1. The van der Waals surface area contributed by atoms with Crippen molar-refractivity contribution in [3.8, 4) is 0 Å². The molecule has 54 heavy (non-hydrogen) atoms. The molecule has 5 heterocycles. The van der Waals surface area contributed by atoms with Gasteiger partial charge in [-0.1, -0.05) is 69.4 Å². The van der Waals surface area contributed by atoms with Crippen molar-refractivity contribution in [2.24, 2.45) is 11.3 Å². The van der Waals surface area contributed by atoms with Crippen LogP contribution >= 0.6 is 11.8 Å². The van der Waals surface area contributed by atoms with E-state index in [2.05, 4.69) is 94.9 Å². The smallest absolute Gasteiger partial charge is 0.219 e. The number of hydrogen-bond acceptors (Lipinski definition) is 7. The highest BCUT2D eigenvalue weighted by Crippen LogP contribution is 2.69. The quantitative estimate of drug-likeness (QED) is 0.144. The molecule has 286 valence electrons. The number of carbonyl (C=O) groups is 1. The molecule has 0 radical (unpaired) electrons. The SMILES string of the molecule is C=C(CCCCCNC(=O)CCCC[C@@H]1SC[C@@H]2NC(=C)N[C@@H]21)N[C@@H]1C=CC2=CC3=CC[C@]4(C)[C@@H](c5ccc6ccncc6c5)CC[C@H]4[C@@]34CC[C@]2(C1)O4. The first kappa shape index (κ1) is 36.2. The van der Waals surface area contributed by atoms with Crippen molar-refractivity contribution in [1.82, 2.24) is 26.3 Å². The van der Waals surface area contributed by atoms with Crippen LogP contribution in [0.1, 0.15) is 108 Å². The third kappa shape index (κ3) is 6.53. The first-order valence-corrected chi connectivity index (χ1v) is 22.0. The zero-order valence-electron chi connectivity index (χ0n) is 32.1. The van der Waals surface area contributed by atoms with Gasteiger partial charge < -0.3 is 26.0 Å². The summed E-state index contributed by atoms with van der Waals surface area (Å²) >= 11 is 2.05. The molecule has 2 aromatic rings. The molecule has 9 rings (SSSR count). The molecule has 2 bridgehead atoms. The van der Waals surface area contributed by atoms with Crippen molar-refractivity contribution in [2.75, 3.05) is 12.3 Å². The number of unbranched alkanes of at least 4 members (excludes halogenated alkanes) is 3. The third-order valence-electron chi connectivity index (χ3n) is 14.4. The Bertz CT molecular complexity index is 1900. The highest BCUT2D eigenvalue weighted by molar-refractivity contribution is 8.00. The Labute approximate surface area is 326 Å². The van der Waals surface area contributed by atoms with Crippen molar-refractivity contribution < 1.29 is 9.53 Å². The molecular formula is C46H59N5O2S. The van der Waals surface area contributed by atoms with E-state index in [0.29, 0.717) is 35.6 Å². The average Bonchev–Trinajstić information content (AvgIpc) is 3.91. The second-order valence-corrected chi connectivity index (χ2v) is 19.0. The molecule has 3 aliphatic carbocycles. The molecule has 1 amide bonds. The summed E-state index contributed by atoms with van der Waals surface area (Å²) < 4.78 is 7.53.